The fourth-order valence-electron chi connectivity index (χ4n) is 1.33. The van der Waals surface area contributed by atoms with Gasteiger partial charge in [0.05, 0.1) is 19.3 Å². The number of benzene rings is 1. The highest BCUT2D eigenvalue weighted by Crippen LogP contribution is 2.07. The van der Waals surface area contributed by atoms with Crippen LogP contribution < -0.4 is 10.1 Å². The second-order valence-electron chi connectivity index (χ2n) is 3.68. The van der Waals surface area contributed by atoms with Crippen molar-refractivity contribution in [2.24, 2.45) is 0 Å². The molecule has 17 heavy (non-hydrogen) atoms. The molecule has 0 bridgehead atoms. The van der Waals surface area contributed by atoms with Crippen molar-refractivity contribution in [3.63, 3.8) is 0 Å². The Morgan fingerprint density at radius 2 is 2.06 bits per heavy atom. The molecular weight excluding hydrogens is 214 g/mol. The van der Waals surface area contributed by atoms with Crippen LogP contribution in [0.2, 0.25) is 0 Å². The van der Waals surface area contributed by atoms with Crippen LogP contribution in [0.5, 0.6) is 5.75 Å². The van der Waals surface area contributed by atoms with Crippen LogP contribution in [0.15, 0.2) is 30.3 Å². The van der Waals surface area contributed by atoms with Crippen LogP contribution >= 0.6 is 0 Å². The van der Waals surface area contributed by atoms with E-state index in [0.29, 0.717) is 19.8 Å². The number of para-hydroxylation sites is 1. The van der Waals surface area contributed by atoms with E-state index in [1.54, 1.807) is 0 Å². The monoisotopic (exact) mass is 233 g/mol. The molecule has 0 saturated heterocycles. The summed E-state index contributed by atoms with van der Waals surface area (Å²) in [6, 6.07) is 9.71. The van der Waals surface area contributed by atoms with Crippen LogP contribution in [-0.2, 0) is 4.74 Å². The predicted octanol–water partition coefficient (Wildman–Crippen LogP) is 1.69. The molecule has 92 valence electrons. The zero-order valence-corrected chi connectivity index (χ0v) is 10.2. The van der Waals surface area contributed by atoms with Gasteiger partial charge in [0.2, 0.25) is 0 Å². The van der Waals surface area contributed by atoms with E-state index in [2.05, 4.69) is 11.2 Å². The average Bonchev–Trinajstić information content (AvgIpc) is 2.36. The van der Waals surface area contributed by atoms with Crippen molar-refractivity contribution >= 4 is 0 Å². The van der Waals surface area contributed by atoms with E-state index in [1.807, 2.05) is 37.3 Å². The summed E-state index contributed by atoms with van der Waals surface area (Å²) in [5.41, 5.74) is 0. The second kappa shape index (κ2) is 8.63. The van der Waals surface area contributed by atoms with Gasteiger partial charge in [-0.1, -0.05) is 24.1 Å². The number of hydrogen-bond donors (Lipinski definition) is 1. The summed E-state index contributed by atoms with van der Waals surface area (Å²) in [5.74, 6) is 3.39. The maximum Gasteiger partial charge on any atom is 0.119 e. The van der Waals surface area contributed by atoms with Gasteiger partial charge in [0.15, 0.2) is 0 Å². The van der Waals surface area contributed by atoms with Crippen molar-refractivity contribution in [2.45, 2.75) is 13.0 Å². The lowest BCUT2D eigenvalue weighted by atomic mass is 10.3. The Morgan fingerprint density at radius 3 is 2.76 bits per heavy atom. The number of terminal acetylenes is 1. The molecule has 0 aliphatic rings. The lowest BCUT2D eigenvalue weighted by molar-refractivity contribution is 0.0454. The van der Waals surface area contributed by atoms with E-state index in [1.165, 1.54) is 0 Å². The summed E-state index contributed by atoms with van der Waals surface area (Å²) in [4.78, 5) is 0. The van der Waals surface area contributed by atoms with Gasteiger partial charge in [-0.05, 0) is 19.1 Å². The van der Waals surface area contributed by atoms with Crippen molar-refractivity contribution in [3.05, 3.63) is 30.3 Å². The van der Waals surface area contributed by atoms with Crippen LogP contribution in [0.3, 0.4) is 0 Å². The van der Waals surface area contributed by atoms with Gasteiger partial charge in [0.25, 0.3) is 0 Å². The summed E-state index contributed by atoms with van der Waals surface area (Å²) in [5, 5.41) is 3.09. The minimum Gasteiger partial charge on any atom is -0.491 e. The molecule has 0 saturated carbocycles. The molecule has 0 aliphatic heterocycles. The first-order valence-electron chi connectivity index (χ1n) is 5.76. The van der Waals surface area contributed by atoms with Crippen molar-refractivity contribution in [3.8, 4) is 18.1 Å². The van der Waals surface area contributed by atoms with Crippen LogP contribution in [-0.4, -0.2) is 32.4 Å². The topological polar surface area (TPSA) is 30.5 Å². The molecule has 1 aromatic rings. The third-order valence-electron chi connectivity index (χ3n) is 2.16. The van der Waals surface area contributed by atoms with Gasteiger partial charge in [-0.15, -0.1) is 6.42 Å². The number of rotatable bonds is 8. The third-order valence-corrected chi connectivity index (χ3v) is 2.16. The summed E-state index contributed by atoms with van der Waals surface area (Å²) in [7, 11) is 0. The molecule has 0 amide bonds. The maximum atomic E-state index is 5.55. The van der Waals surface area contributed by atoms with Gasteiger partial charge in [-0.25, -0.2) is 0 Å². The molecule has 0 fully saturated rings. The van der Waals surface area contributed by atoms with Gasteiger partial charge in [0, 0.05) is 6.54 Å². The van der Waals surface area contributed by atoms with E-state index >= 15 is 0 Å². The summed E-state index contributed by atoms with van der Waals surface area (Å²) < 4.78 is 11.1. The fraction of sp³-hybridized carbons (Fsp3) is 0.429. The zero-order chi connectivity index (χ0) is 12.3. The van der Waals surface area contributed by atoms with E-state index in [9.17, 15) is 0 Å². The van der Waals surface area contributed by atoms with Gasteiger partial charge in [-0.2, -0.15) is 0 Å². The van der Waals surface area contributed by atoms with E-state index in [-0.39, 0.29) is 6.10 Å². The summed E-state index contributed by atoms with van der Waals surface area (Å²) in [6.45, 7) is 4.48. The number of nitrogens with one attached hydrogen (secondary N) is 1. The van der Waals surface area contributed by atoms with Gasteiger partial charge < -0.3 is 14.8 Å². The second-order valence-corrected chi connectivity index (χ2v) is 3.68. The highest BCUT2D eigenvalue weighted by Gasteiger charge is 2.00. The molecule has 0 heterocycles. The molecule has 1 unspecified atom stereocenters. The van der Waals surface area contributed by atoms with Crippen LogP contribution in [0.25, 0.3) is 0 Å². The van der Waals surface area contributed by atoms with Gasteiger partial charge >= 0.3 is 0 Å². The molecule has 1 N–H and O–H groups in total. The maximum absolute atomic E-state index is 5.55. The number of ether oxygens (including phenoxy) is 2. The van der Waals surface area contributed by atoms with E-state index in [4.69, 9.17) is 15.9 Å². The highest BCUT2D eigenvalue weighted by atomic mass is 16.5. The molecule has 1 aromatic carbocycles. The molecule has 3 heteroatoms. The first-order chi connectivity index (χ1) is 8.33. The lowest BCUT2D eigenvalue weighted by Gasteiger charge is -2.13. The first kappa shape index (κ1) is 13.6. The molecule has 0 radical (unpaired) electrons. The summed E-state index contributed by atoms with van der Waals surface area (Å²) >= 11 is 0. The Bertz CT molecular complexity index is 332. The smallest absolute Gasteiger partial charge is 0.119 e. The number of hydrogen-bond acceptors (Lipinski definition) is 3. The van der Waals surface area contributed by atoms with E-state index in [0.717, 1.165) is 12.3 Å². The largest absolute Gasteiger partial charge is 0.491 e. The van der Waals surface area contributed by atoms with Crippen LogP contribution in [0, 0.1) is 12.3 Å². The quantitative estimate of drug-likeness (QED) is 0.547. The molecular formula is C14H19NO2. The van der Waals surface area contributed by atoms with Crippen molar-refractivity contribution in [1.82, 2.24) is 5.32 Å². The first-order valence-corrected chi connectivity index (χ1v) is 5.76. The van der Waals surface area contributed by atoms with Crippen LogP contribution in [0.1, 0.15) is 6.92 Å². The Kier molecular flexibility index (Phi) is 6.89. The lowest BCUT2D eigenvalue weighted by Crippen LogP contribution is -2.28. The van der Waals surface area contributed by atoms with E-state index < -0.39 is 0 Å². The molecule has 1 rings (SSSR count). The minimum absolute atomic E-state index is 0.141. The van der Waals surface area contributed by atoms with Crippen LogP contribution in [0.4, 0.5) is 0 Å². The highest BCUT2D eigenvalue weighted by molar-refractivity contribution is 5.20. The standard InChI is InChI=1S/C14H19NO2/c1-3-9-15-12-13(2)16-10-11-17-14-7-5-4-6-8-14/h1,4-8,13,15H,9-12H2,2H3. The normalized spacial score (nSPS) is 11.8. The third kappa shape index (κ3) is 6.62. The van der Waals surface area contributed by atoms with Gasteiger partial charge in [0.1, 0.15) is 12.4 Å². The van der Waals surface area contributed by atoms with Gasteiger partial charge in [-0.3, -0.25) is 0 Å². The molecule has 3 nitrogen and oxygen atoms in total. The fourth-order valence-corrected chi connectivity index (χ4v) is 1.33. The average molecular weight is 233 g/mol. The molecule has 0 aromatic heterocycles. The predicted molar refractivity (Wildman–Crippen MR) is 69.1 cm³/mol. The Balaban J connectivity index is 2.02. The van der Waals surface area contributed by atoms with Crippen molar-refractivity contribution in [2.75, 3.05) is 26.3 Å². The SMILES string of the molecule is C#CCNCC(C)OCCOc1ccccc1. The Labute approximate surface area is 103 Å². The molecule has 1 atom stereocenters. The molecule has 0 spiro atoms. The summed E-state index contributed by atoms with van der Waals surface area (Å²) in [6.07, 6.45) is 5.27. The van der Waals surface area contributed by atoms with Crippen molar-refractivity contribution in [1.29, 1.82) is 0 Å². The Morgan fingerprint density at radius 1 is 1.29 bits per heavy atom. The Hall–Kier alpha value is -1.50. The van der Waals surface area contributed by atoms with Crippen molar-refractivity contribution < 1.29 is 9.47 Å². The minimum atomic E-state index is 0.141. The zero-order valence-electron chi connectivity index (χ0n) is 10.2. The molecule has 0 aliphatic carbocycles.